The van der Waals surface area contributed by atoms with E-state index in [0.29, 0.717) is 13.1 Å². The van der Waals surface area contributed by atoms with Crippen molar-refractivity contribution in [2.75, 3.05) is 27.3 Å². The van der Waals surface area contributed by atoms with Gasteiger partial charge >= 0.3 is 12.2 Å². The molecule has 2 fully saturated rings. The van der Waals surface area contributed by atoms with Gasteiger partial charge in [0, 0.05) is 38.8 Å². The van der Waals surface area contributed by atoms with E-state index in [1.54, 1.807) is 11.3 Å². The molecule has 61 heavy (non-hydrogen) atoms. The van der Waals surface area contributed by atoms with Gasteiger partial charge in [-0.25, -0.2) is 19.6 Å². The quantitative estimate of drug-likeness (QED) is 0.100. The molecule has 2 aromatic carbocycles. The number of benzene rings is 3. The van der Waals surface area contributed by atoms with Crippen molar-refractivity contribution in [3.05, 3.63) is 72.6 Å². The second-order valence-corrected chi connectivity index (χ2v) is 18.5. The maximum atomic E-state index is 13.9. The first-order valence-corrected chi connectivity index (χ1v) is 21.9. The lowest BCUT2D eigenvalue weighted by molar-refractivity contribution is -0.136. The van der Waals surface area contributed by atoms with E-state index in [0.717, 1.165) is 58.1 Å². The second-order valence-electron chi connectivity index (χ2n) is 17.4. The molecular formula is C46H54N8O6S. The number of nitrogens with one attached hydrogen (secondary N) is 4. The van der Waals surface area contributed by atoms with Gasteiger partial charge in [0.1, 0.15) is 23.7 Å². The number of fused-ring (bicyclic) bond motifs is 5. The molecule has 6 atom stereocenters. The average Bonchev–Trinajstić information content (AvgIpc) is 4.12. The summed E-state index contributed by atoms with van der Waals surface area (Å²) >= 11 is 1.77. The first-order chi connectivity index (χ1) is 29.3. The summed E-state index contributed by atoms with van der Waals surface area (Å²) in [6.07, 6.45) is 3.96. The summed E-state index contributed by atoms with van der Waals surface area (Å²) in [7, 11) is 2.59. The Labute approximate surface area is 359 Å². The zero-order chi connectivity index (χ0) is 43.3. The van der Waals surface area contributed by atoms with Gasteiger partial charge in [-0.15, -0.1) is 11.3 Å². The molecule has 14 nitrogen and oxygen atoms in total. The number of imidazole rings is 2. The van der Waals surface area contributed by atoms with E-state index in [4.69, 9.17) is 19.4 Å². The van der Waals surface area contributed by atoms with Crippen molar-refractivity contribution >= 4 is 55.5 Å². The number of H-pyrrole nitrogens is 2. The zero-order valence-electron chi connectivity index (χ0n) is 35.9. The number of carbonyl (C=O) groups is 4. The summed E-state index contributed by atoms with van der Waals surface area (Å²) in [6, 6.07) is 15.2. The molecule has 0 spiro atoms. The Morgan fingerprint density at radius 3 is 1.59 bits per heavy atom. The number of aromatic amines is 2. The lowest BCUT2D eigenvalue weighted by Gasteiger charge is -2.30. The number of aromatic nitrogens is 4. The molecule has 1 unspecified atom stereocenters. The summed E-state index contributed by atoms with van der Waals surface area (Å²) in [5.41, 5.74) is 5.98. The summed E-state index contributed by atoms with van der Waals surface area (Å²) in [4.78, 5) is 72.3. The number of carbonyl (C=O) groups excluding carboxylic acids is 4. The van der Waals surface area contributed by atoms with Crippen LogP contribution in [-0.2, 0) is 19.1 Å². The molecule has 6 aromatic rings. The van der Waals surface area contributed by atoms with Crippen molar-refractivity contribution < 1.29 is 28.7 Å². The number of hydrogen-bond donors (Lipinski definition) is 4. The molecule has 15 heteroatoms. The molecule has 6 heterocycles. The van der Waals surface area contributed by atoms with Crippen LogP contribution in [0.25, 0.3) is 53.8 Å². The predicted octanol–water partition coefficient (Wildman–Crippen LogP) is 8.52. The standard InChI is InChI=1S/C46H54N8O6S/c1-23(2)39(51-45(57)59-7)43(55)53-21-25(5)17-33(53)41-47-19-31(49-41)28-11-9-27(10-12-28)29-13-14-30(38-36-16-15-35(61-36)37(29)38)32-20-48-42(50-32)34-18-26(6)22-54(34)44(56)40(24(3)4)52-46(58)60-8/h9-16,19-20,23-26,33-34,39-40H,17-18,21-22H2,1-8H3,(H,47,49)(H,48,50)(H,51,57)(H,52,58)/t25-,26-,33-,34-,39?,40-/m0/s1. The summed E-state index contributed by atoms with van der Waals surface area (Å²) in [5, 5.41) is 7.82. The molecule has 2 aliphatic heterocycles. The first-order valence-electron chi connectivity index (χ1n) is 21.0. The Bertz CT molecular complexity index is 2560. The van der Waals surface area contributed by atoms with Gasteiger partial charge < -0.3 is 39.9 Å². The Hall–Kier alpha value is -5.96. The Morgan fingerprint density at radius 2 is 1.10 bits per heavy atom. The van der Waals surface area contributed by atoms with Gasteiger partial charge in [0.05, 0.1) is 50.1 Å². The number of hydrogen-bond acceptors (Lipinski definition) is 9. The number of methoxy groups -OCH3 is 2. The van der Waals surface area contributed by atoms with Gasteiger partial charge in [0.2, 0.25) is 11.8 Å². The number of ether oxygens (including phenoxy) is 2. The molecular weight excluding hydrogens is 793 g/mol. The van der Waals surface area contributed by atoms with E-state index in [-0.39, 0.29) is 47.6 Å². The van der Waals surface area contributed by atoms with E-state index in [2.05, 4.69) is 83.0 Å². The van der Waals surface area contributed by atoms with E-state index in [1.807, 2.05) is 49.9 Å². The fourth-order valence-corrected chi connectivity index (χ4v) is 10.3. The van der Waals surface area contributed by atoms with Crippen LogP contribution in [0.5, 0.6) is 0 Å². The van der Waals surface area contributed by atoms with Gasteiger partial charge in [-0.1, -0.05) is 77.9 Å². The Morgan fingerprint density at radius 1 is 0.656 bits per heavy atom. The number of rotatable bonds is 11. The van der Waals surface area contributed by atoms with Crippen LogP contribution in [0.4, 0.5) is 9.59 Å². The van der Waals surface area contributed by atoms with Crippen LogP contribution in [0.3, 0.4) is 0 Å². The first kappa shape index (κ1) is 41.8. The van der Waals surface area contributed by atoms with E-state index in [1.165, 1.54) is 34.4 Å². The van der Waals surface area contributed by atoms with E-state index >= 15 is 0 Å². The van der Waals surface area contributed by atoms with Crippen molar-refractivity contribution in [3.8, 4) is 33.6 Å². The Kier molecular flexibility index (Phi) is 11.5. The normalized spacial score (nSPS) is 20.2. The third-order valence-corrected chi connectivity index (χ3v) is 13.4. The lowest BCUT2D eigenvalue weighted by atomic mass is 9.93. The highest BCUT2D eigenvalue weighted by Gasteiger charge is 2.41. The molecule has 0 aliphatic carbocycles. The van der Waals surface area contributed by atoms with E-state index < -0.39 is 24.3 Å². The minimum absolute atomic E-state index is 0.120. The molecule has 4 aromatic heterocycles. The third-order valence-electron chi connectivity index (χ3n) is 12.3. The van der Waals surface area contributed by atoms with Gasteiger partial charge in [0.25, 0.3) is 0 Å². The van der Waals surface area contributed by atoms with Crippen molar-refractivity contribution in [3.63, 3.8) is 0 Å². The predicted molar refractivity (Wildman–Crippen MR) is 236 cm³/mol. The van der Waals surface area contributed by atoms with Crippen molar-refractivity contribution in [1.29, 1.82) is 0 Å². The highest BCUT2D eigenvalue weighted by atomic mass is 32.1. The summed E-state index contributed by atoms with van der Waals surface area (Å²) in [5.74, 6) is 1.45. The largest absolute Gasteiger partial charge is 0.453 e. The van der Waals surface area contributed by atoms with Crippen LogP contribution in [0.1, 0.15) is 78.1 Å². The maximum Gasteiger partial charge on any atom is 0.407 e. The van der Waals surface area contributed by atoms with Crippen molar-refractivity contribution in [2.45, 2.75) is 78.6 Å². The van der Waals surface area contributed by atoms with Gasteiger partial charge in [-0.2, -0.15) is 0 Å². The van der Waals surface area contributed by atoms with Crippen LogP contribution in [0.15, 0.2) is 60.9 Å². The molecule has 320 valence electrons. The van der Waals surface area contributed by atoms with Crippen molar-refractivity contribution in [1.82, 2.24) is 40.4 Å². The molecule has 4 N–H and O–H groups in total. The topological polar surface area (TPSA) is 175 Å². The minimum Gasteiger partial charge on any atom is -0.453 e. The van der Waals surface area contributed by atoms with Crippen LogP contribution in [0.2, 0.25) is 0 Å². The average molecular weight is 847 g/mol. The summed E-state index contributed by atoms with van der Waals surface area (Å²) < 4.78 is 12.0. The number of nitrogens with zero attached hydrogens (tertiary/aromatic N) is 4. The van der Waals surface area contributed by atoms with Crippen LogP contribution >= 0.6 is 11.3 Å². The molecule has 2 bridgehead atoms. The van der Waals surface area contributed by atoms with E-state index in [9.17, 15) is 19.2 Å². The highest BCUT2D eigenvalue weighted by Crippen LogP contribution is 2.47. The minimum atomic E-state index is -0.713. The number of thiophene rings is 2. The van der Waals surface area contributed by atoms with Crippen molar-refractivity contribution in [2.24, 2.45) is 23.7 Å². The molecule has 2 saturated heterocycles. The van der Waals surface area contributed by atoms with Crippen LogP contribution < -0.4 is 10.6 Å². The van der Waals surface area contributed by atoms with Gasteiger partial charge in [-0.3, -0.25) is 9.59 Å². The molecule has 0 radical (unpaired) electrons. The maximum absolute atomic E-state index is 13.9. The van der Waals surface area contributed by atoms with Crippen LogP contribution in [-0.4, -0.2) is 93.1 Å². The monoisotopic (exact) mass is 846 g/mol. The molecule has 8 rings (SSSR count). The second kappa shape index (κ2) is 16.8. The smallest absolute Gasteiger partial charge is 0.407 e. The number of amides is 4. The van der Waals surface area contributed by atoms with Crippen LogP contribution in [0, 0.1) is 23.7 Å². The fraction of sp³-hybridized carbons (Fsp3) is 0.435. The zero-order valence-corrected chi connectivity index (χ0v) is 36.7. The third kappa shape index (κ3) is 7.91. The summed E-state index contributed by atoms with van der Waals surface area (Å²) in [6.45, 7) is 13.0. The SMILES string of the molecule is COC(=O)NC(C(=O)N1C[C@@H](C)C[C@H]1c1ncc(-c2ccc(-c3ccc(-c4cnc([C@@H]5C[C@H](C)CN5C(=O)[C@@H](NC(=O)OC)C(C)C)[nH]4)c4c5ccc(s5)c34)cc2)[nH]1)C(C)C. The molecule has 0 saturated carbocycles. The molecule has 2 aliphatic rings. The Balaban J connectivity index is 1.04. The van der Waals surface area contributed by atoms with Gasteiger partial charge in [0.15, 0.2) is 0 Å². The van der Waals surface area contributed by atoms with Gasteiger partial charge in [-0.05, 0) is 65.3 Å². The molecule has 4 amide bonds. The lowest BCUT2D eigenvalue weighted by Crippen LogP contribution is -2.51. The highest BCUT2D eigenvalue weighted by molar-refractivity contribution is 7.26. The number of likely N-dealkylation sites (tertiary alicyclic amines) is 2. The fourth-order valence-electron chi connectivity index (χ4n) is 9.16. The number of alkyl carbamates (subject to hydrolysis) is 2.